The predicted molar refractivity (Wildman–Crippen MR) is 78.2 cm³/mol. The quantitative estimate of drug-likeness (QED) is 0.623. The summed E-state index contributed by atoms with van der Waals surface area (Å²) in [5.74, 6) is -0.274. The lowest BCUT2D eigenvalue weighted by Crippen LogP contribution is -2.28. The number of allylic oxidation sites excluding steroid dienone is 3. The Morgan fingerprint density at radius 2 is 2.05 bits per heavy atom. The average Bonchev–Trinajstić information content (AvgIpc) is 2.41. The minimum Gasteiger partial charge on any atom is -0.465 e. The number of carbonyl (C=O) groups excluding carboxylic acids is 2. The predicted octanol–water partition coefficient (Wildman–Crippen LogP) is 2.56. The number of para-hydroxylation sites is 1. The minimum absolute atomic E-state index is 0.00158. The number of ether oxygens (including phenoxy) is 1. The maximum Gasteiger partial charge on any atom is 0.325 e. The van der Waals surface area contributed by atoms with Gasteiger partial charge in [-0.1, -0.05) is 18.2 Å². The van der Waals surface area contributed by atoms with Gasteiger partial charge in [0.05, 0.1) is 6.61 Å². The third kappa shape index (κ3) is 3.15. The lowest BCUT2D eigenvalue weighted by molar-refractivity contribution is -0.141. The van der Waals surface area contributed by atoms with E-state index in [1.54, 1.807) is 19.2 Å². The van der Waals surface area contributed by atoms with Gasteiger partial charge in [-0.05, 0) is 37.6 Å². The third-order valence-electron chi connectivity index (χ3n) is 2.92. The topological polar surface area (TPSA) is 46.6 Å². The van der Waals surface area contributed by atoms with Crippen molar-refractivity contribution in [1.29, 1.82) is 0 Å². The van der Waals surface area contributed by atoms with Crippen molar-refractivity contribution in [1.82, 2.24) is 0 Å². The molecule has 0 saturated heterocycles. The first kappa shape index (κ1) is 14.1. The van der Waals surface area contributed by atoms with E-state index in [0.29, 0.717) is 6.61 Å². The van der Waals surface area contributed by atoms with Crippen molar-refractivity contribution in [2.24, 2.45) is 0 Å². The Bertz CT molecular complexity index is 587. The summed E-state index contributed by atoms with van der Waals surface area (Å²) in [6, 6.07) is 7.67. The van der Waals surface area contributed by atoms with Gasteiger partial charge in [0, 0.05) is 17.5 Å². The van der Waals surface area contributed by atoms with Gasteiger partial charge in [-0.15, -0.1) is 0 Å². The molecule has 0 N–H and O–H groups in total. The largest absolute Gasteiger partial charge is 0.465 e. The fourth-order valence-corrected chi connectivity index (χ4v) is 2.14. The second-order valence-electron chi connectivity index (χ2n) is 4.48. The Hall–Kier alpha value is -2.36. The highest BCUT2D eigenvalue weighted by Crippen LogP contribution is 2.32. The number of rotatable bonds is 4. The molecule has 4 heteroatoms. The molecule has 1 aromatic rings. The van der Waals surface area contributed by atoms with Crippen LogP contribution in [-0.4, -0.2) is 24.9 Å². The van der Waals surface area contributed by atoms with Crippen molar-refractivity contribution in [3.05, 3.63) is 48.2 Å². The summed E-state index contributed by atoms with van der Waals surface area (Å²) in [5.41, 5.74) is 2.69. The summed E-state index contributed by atoms with van der Waals surface area (Å²) in [6.45, 7) is 3.84. The van der Waals surface area contributed by atoms with E-state index < -0.39 is 0 Å². The highest BCUT2D eigenvalue weighted by Gasteiger charge is 2.18. The van der Waals surface area contributed by atoms with Crippen molar-refractivity contribution in [3.8, 4) is 0 Å². The van der Waals surface area contributed by atoms with E-state index in [0.717, 1.165) is 16.8 Å². The normalized spacial score (nSPS) is 15.1. The smallest absolute Gasteiger partial charge is 0.325 e. The molecule has 104 valence electrons. The molecular formula is C16H17NO3. The van der Waals surface area contributed by atoms with Crippen LogP contribution in [0.15, 0.2) is 42.6 Å². The van der Waals surface area contributed by atoms with Crippen LogP contribution >= 0.6 is 0 Å². The van der Waals surface area contributed by atoms with E-state index in [4.69, 9.17) is 4.74 Å². The van der Waals surface area contributed by atoms with E-state index in [9.17, 15) is 9.59 Å². The molecule has 0 bridgehead atoms. The van der Waals surface area contributed by atoms with E-state index in [-0.39, 0.29) is 18.3 Å². The van der Waals surface area contributed by atoms with Crippen LogP contribution in [-0.2, 0) is 14.3 Å². The lowest BCUT2D eigenvalue weighted by Gasteiger charge is -2.26. The molecule has 0 unspecified atom stereocenters. The average molecular weight is 271 g/mol. The molecule has 1 aliphatic heterocycles. The van der Waals surface area contributed by atoms with Gasteiger partial charge < -0.3 is 9.64 Å². The van der Waals surface area contributed by atoms with E-state index in [1.807, 2.05) is 35.2 Å². The molecule has 1 heterocycles. The van der Waals surface area contributed by atoms with Gasteiger partial charge in [-0.3, -0.25) is 9.59 Å². The zero-order chi connectivity index (χ0) is 14.5. The molecule has 0 radical (unpaired) electrons. The van der Waals surface area contributed by atoms with Gasteiger partial charge in [0.1, 0.15) is 6.54 Å². The number of fused-ring (bicyclic) bond motifs is 1. The van der Waals surface area contributed by atoms with Crippen LogP contribution in [0.2, 0.25) is 0 Å². The van der Waals surface area contributed by atoms with Gasteiger partial charge in [0.25, 0.3) is 0 Å². The number of hydrogen-bond acceptors (Lipinski definition) is 4. The van der Waals surface area contributed by atoms with Crippen LogP contribution in [0, 0.1) is 0 Å². The van der Waals surface area contributed by atoms with Crippen LogP contribution < -0.4 is 4.90 Å². The standard InChI is InChI=1S/C16H17NO3/c1-3-20-16(19)11-17-9-8-13(10-12(2)18)14-6-4-5-7-15(14)17/h4-10H,3,11H2,1-2H3/b13-10+. The summed E-state index contributed by atoms with van der Waals surface area (Å²) in [5, 5.41) is 0. The molecule has 4 nitrogen and oxygen atoms in total. The van der Waals surface area contributed by atoms with Crippen molar-refractivity contribution >= 4 is 23.0 Å². The third-order valence-corrected chi connectivity index (χ3v) is 2.92. The Balaban J connectivity index is 2.32. The first-order valence-electron chi connectivity index (χ1n) is 6.54. The van der Waals surface area contributed by atoms with Gasteiger partial charge in [-0.25, -0.2) is 0 Å². The number of ketones is 1. The van der Waals surface area contributed by atoms with Crippen LogP contribution in [0.4, 0.5) is 5.69 Å². The molecule has 0 aromatic heterocycles. The maximum absolute atomic E-state index is 11.6. The molecule has 0 aliphatic carbocycles. The molecular weight excluding hydrogens is 254 g/mol. The van der Waals surface area contributed by atoms with Gasteiger partial charge in [0.15, 0.2) is 5.78 Å². The van der Waals surface area contributed by atoms with Crippen molar-refractivity contribution < 1.29 is 14.3 Å². The lowest BCUT2D eigenvalue weighted by atomic mass is 9.99. The molecule has 0 amide bonds. The maximum atomic E-state index is 11.6. The molecule has 20 heavy (non-hydrogen) atoms. The second-order valence-corrected chi connectivity index (χ2v) is 4.48. The molecule has 1 aromatic carbocycles. The Morgan fingerprint density at radius 3 is 2.75 bits per heavy atom. The number of benzene rings is 1. The Labute approximate surface area is 118 Å². The first-order chi connectivity index (χ1) is 9.61. The molecule has 0 spiro atoms. The summed E-state index contributed by atoms with van der Waals surface area (Å²) >= 11 is 0. The van der Waals surface area contributed by atoms with E-state index in [2.05, 4.69) is 0 Å². The number of nitrogens with zero attached hydrogens (tertiary/aromatic N) is 1. The summed E-state index contributed by atoms with van der Waals surface area (Å²) in [6.07, 6.45) is 5.23. The number of carbonyl (C=O) groups is 2. The van der Waals surface area contributed by atoms with Crippen LogP contribution in [0.3, 0.4) is 0 Å². The zero-order valence-electron chi connectivity index (χ0n) is 11.6. The fraction of sp³-hybridized carbons (Fsp3) is 0.250. The minimum atomic E-state index is -0.272. The highest BCUT2D eigenvalue weighted by atomic mass is 16.5. The van der Waals surface area contributed by atoms with E-state index >= 15 is 0 Å². The number of esters is 1. The van der Waals surface area contributed by atoms with Crippen molar-refractivity contribution in [2.45, 2.75) is 13.8 Å². The molecule has 2 rings (SSSR count). The fourth-order valence-electron chi connectivity index (χ4n) is 2.14. The van der Waals surface area contributed by atoms with Crippen LogP contribution in [0.5, 0.6) is 0 Å². The molecule has 1 aliphatic rings. The SMILES string of the molecule is CCOC(=O)CN1C=C/C(=C\C(C)=O)c2ccccc21. The Morgan fingerprint density at radius 1 is 1.30 bits per heavy atom. The van der Waals surface area contributed by atoms with Gasteiger partial charge in [-0.2, -0.15) is 0 Å². The summed E-state index contributed by atoms with van der Waals surface area (Å²) in [4.78, 5) is 24.7. The first-order valence-corrected chi connectivity index (χ1v) is 6.54. The molecule has 0 atom stereocenters. The highest BCUT2D eigenvalue weighted by molar-refractivity contribution is 6.00. The Kier molecular flexibility index (Phi) is 4.35. The van der Waals surface area contributed by atoms with Crippen LogP contribution in [0.1, 0.15) is 19.4 Å². The molecule has 0 fully saturated rings. The number of hydrogen-bond donors (Lipinski definition) is 0. The van der Waals surface area contributed by atoms with Crippen LogP contribution in [0.25, 0.3) is 5.57 Å². The summed E-state index contributed by atoms with van der Waals surface area (Å²) in [7, 11) is 0. The summed E-state index contributed by atoms with van der Waals surface area (Å²) < 4.78 is 4.97. The van der Waals surface area contributed by atoms with Crippen molar-refractivity contribution in [3.63, 3.8) is 0 Å². The zero-order valence-corrected chi connectivity index (χ0v) is 11.6. The van der Waals surface area contributed by atoms with Crippen molar-refractivity contribution in [2.75, 3.05) is 18.1 Å². The van der Waals surface area contributed by atoms with E-state index in [1.165, 1.54) is 6.92 Å². The van der Waals surface area contributed by atoms with Gasteiger partial charge >= 0.3 is 5.97 Å². The number of anilines is 1. The second kappa shape index (κ2) is 6.19. The monoisotopic (exact) mass is 271 g/mol. The van der Waals surface area contributed by atoms with Gasteiger partial charge in [0.2, 0.25) is 0 Å². The molecule has 0 saturated carbocycles.